The largest absolute Gasteiger partial charge is 0.444 e. The molecule has 0 saturated carbocycles. The van der Waals surface area contributed by atoms with Crippen molar-refractivity contribution in [2.24, 2.45) is 0 Å². The highest BCUT2D eigenvalue weighted by Crippen LogP contribution is 2.46. The van der Waals surface area contributed by atoms with Gasteiger partial charge in [0.1, 0.15) is 17.5 Å². The van der Waals surface area contributed by atoms with Gasteiger partial charge < -0.3 is 10.1 Å². The van der Waals surface area contributed by atoms with Crippen molar-refractivity contribution in [1.82, 2.24) is 5.32 Å². The lowest BCUT2D eigenvalue weighted by Crippen LogP contribution is -2.51. The van der Waals surface area contributed by atoms with Crippen molar-refractivity contribution in [2.75, 3.05) is 5.32 Å². The highest BCUT2D eigenvalue weighted by atomic mass is 19.3. The molecule has 2 unspecified atom stereocenters. The van der Waals surface area contributed by atoms with Gasteiger partial charge in [-0.3, -0.25) is 5.32 Å². The Morgan fingerprint density at radius 3 is 2.54 bits per heavy atom. The van der Waals surface area contributed by atoms with Crippen LogP contribution in [0.15, 0.2) is 30.5 Å². The van der Waals surface area contributed by atoms with Crippen LogP contribution in [0.3, 0.4) is 0 Å². The van der Waals surface area contributed by atoms with E-state index in [4.69, 9.17) is 4.74 Å². The Morgan fingerprint density at radius 2 is 1.96 bits per heavy atom. The second kappa shape index (κ2) is 6.48. The lowest BCUT2D eigenvalue weighted by molar-refractivity contribution is -0.0945. The molecule has 26 heavy (non-hydrogen) atoms. The minimum Gasteiger partial charge on any atom is -0.444 e. The zero-order valence-electron chi connectivity index (χ0n) is 15.1. The summed E-state index contributed by atoms with van der Waals surface area (Å²) in [6.07, 6.45) is -1.93. The Kier molecular flexibility index (Phi) is 5.00. The molecule has 4 nitrogen and oxygen atoms in total. The molecule has 1 aromatic rings. The van der Waals surface area contributed by atoms with Crippen molar-refractivity contribution in [2.45, 2.75) is 57.3 Å². The van der Waals surface area contributed by atoms with Crippen LogP contribution in [-0.2, 0) is 4.74 Å². The van der Waals surface area contributed by atoms with Gasteiger partial charge in [-0.05, 0) is 45.9 Å². The van der Waals surface area contributed by atoms with Crippen LogP contribution in [0, 0.1) is 5.82 Å². The highest BCUT2D eigenvalue weighted by Gasteiger charge is 2.53. The molecule has 1 fully saturated rings. The molecule has 1 amide bonds. The number of allylic oxidation sites excluding steroid dienone is 1. The molecule has 0 aromatic heterocycles. The molecule has 1 aliphatic heterocycles. The van der Waals surface area contributed by atoms with Crippen molar-refractivity contribution in [1.29, 1.82) is 0 Å². The maximum atomic E-state index is 14.4. The second-order valence-corrected chi connectivity index (χ2v) is 7.55. The van der Waals surface area contributed by atoms with Crippen LogP contribution in [0.2, 0.25) is 0 Å². The Labute approximate surface area is 149 Å². The number of rotatable bonds is 2. The first-order chi connectivity index (χ1) is 11.7. The van der Waals surface area contributed by atoms with Crippen LogP contribution in [0.1, 0.15) is 45.7 Å². The molecule has 0 spiro atoms. The maximum absolute atomic E-state index is 14.4. The van der Waals surface area contributed by atoms with E-state index in [1.807, 2.05) is 0 Å². The minimum atomic E-state index is -3.56. The average Bonchev–Trinajstić information content (AvgIpc) is 2.42. The zero-order chi connectivity index (χ0) is 19.9. The summed E-state index contributed by atoms with van der Waals surface area (Å²) >= 11 is 0. The van der Waals surface area contributed by atoms with Gasteiger partial charge in [-0.25, -0.2) is 22.4 Å². The predicted molar refractivity (Wildman–Crippen MR) is 90.4 cm³/mol. The first-order valence-corrected chi connectivity index (χ1v) is 8.03. The van der Waals surface area contributed by atoms with Gasteiger partial charge in [0.25, 0.3) is 5.92 Å². The fraction of sp³-hybridized carbons (Fsp3) is 0.500. The number of ether oxygens (including phenoxy) is 1. The topological polar surface area (TPSA) is 50.4 Å². The molecule has 1 aliphatic rings. The summed E-state index contributed by atoms with van der Waals surface area (Å²) in [5.41, 5.74) is -3.65. The van der Waals surface area contributed by atoms with Gasteiger partial charge >= 0.3 is 6.09 Å². The van der Waals surface area contributed by atoms with E-state index in [0.29, 0.717) is 0 Å². The Morgan fingerprint density at radius 1 is 1.35 bits per heavy atom. The van der Waals surface area contributed by atoms with Crippen LogP contribution in [0.25, 0.3) is 0 Å². The van der Waals surface area contributed by atoms with Gasteiger partial charge in [-0.15, -0.1) is 0 Å². The van der Waals surface area contributed by atoms with E-state index in [0.717, 1.165) is 19.1 Å². The molecule has 0 bridgehead atoms. The van der Waals surface area contributed by atoms with E-state index in [9.17, 15) is 22.4 Å². The SMILES string of the molecule is C=C1NC(c2cc(NC(=O)OC(C)(C)C)ccc2F)C(F)(F)CC1(C)F. The molecule has 2 atom stereocenters. The summed E-state index contributed by atoms with van der Waals surface area (Å²) in [6.45, 7) is 9.39. The van der Waals surface area contributed by atoms with E-state index in [-0.39, 0.29) is 11.4 Å². The summed E-state index contributed by atoms with van der Waals surface area (Å²) in [6, 6.07) is 1.43. The van der Waals surface area contributed by atoms with Crippen LogP contribution < -0.4 is 10.6 Å². The third kappa shape index (κ3) is 4.47. The summed E-state index contributed by atoms with van der Waals surface area (Å²) in [7, 11) is 0. The molecular weight excluding hydrogens is 352 g/mol. The fourth-order valence-corrected chi connectivity index (χ4v) is 2.65. The molecule has 0 radical (unpaired) electrons. The number of amides is 1. The van der Waals surface area contributed by atoms with E-state index in [1.54, 1.807) is 20.8 Å². The van der Waals surface area contributed by atoms with Gasteiger partial charge in [0.2, 0.25) is 0 Å². The minimum absolute atomic E-state index is 0.0763. The number of nitrogens with one attached hydrogen (secondary N) is 2. The number of alkyl halides is 3. The first kappa shape index (κ1) is 20.1. The summed E-state index contributed by atoms with van der Waals surface area (Å²) < 4.78 is 62.2. The fourth-order valence-electron chi connectivity index (χ4n) is 2.65. The molecule has 1 heterocycles. The van der Waals surface area contributed by atoms with Gasteiger partial charge in [-0.2, -0.15) is 0 Å². The number of hydrogen-bond donors (Lipinski definition) is 2. The molecule has 1 aromatic carbocycles. The quantitative estimate of drug-likeness (QED) is 0.710. The van der Waals surface area contributed by atoms with E-state index >= 15 is 0 Å². The van der Waals surface area contributed by atoms with Crippen LogP contribution in [0.4, 0.5) is 28.0 Å². The second-order valence-electron chi connectivity index (χ2n) is 7.55. The van der Waals surface area contributed by atoms with Crippen LogP contribution in [0.5, 0.6) is 0 Å². The van der Waals surface area contributed by atoms with Gasteiger partial charge in [-0.1, -0.05) is 6.58 Å². The lowest BCUT2D eigenvalue weighted by atomic mass is 9.84. The molecule has 144 valence electrons. The molecular formula is C18H22F4N2O2. The summed E-state index contributed by atoms with van der Waals surface area (Å²) in [5.74, 6) is -4.47. The lowest BCUT2D eigenvalue weighted by Gasteiger charge is -2.41. The van der Waals surface area contributed by atoms with Crippen LogP contribution >= 0.6 is 0 Å². The van der Waals surface area contributed by atoms with Crippen molar-refractivity contribution in [3.05, 3.63) is 41.9 Å². The van der Waals surface area contributed by atoms with Crippen molar-refractivity contribution in [3.63, 3.8) is 0 Å². The summed E-state index contributed by atoms with van der Waals surface area (Å²) in [4.78, 5) is 11.8. The number of halogens is 4. The smallest absolute Gasteiger partial charge is 0.412 e. The van der Waals surface area contributed by atoms with E-state index in [1.165, 1.54) is 6.07 Å². The third-order valence-electron chi connectivity index (χ3n) is 3.89. The first-order valence-electron chi connectivity index (χ1n) is 8.03. The van der Waals surface area contributed by atoms with Crippen molar-refractivity contribution in [3.8, 4) is 0 Å². The average molecular weight is 374 g/mol. The molecule has 8 heteroatoms. The standard InChI is InChI=1S/C18H22F4N2O2/c1-10-17(5,20)9-18(21,22)14(23-10)12-8-11(6-7-13(12)19)24-15(25)26-16(2,3)4/h6-8,14,23H,1,9H2,2-5H3,(H,24,25). The van der Waals surface area contributed by atoms with E-state index < -0.39 is 47.1 Å². The zero-order valence-corrected chi connectivity index (χ0v) is 15.1. The predicted octanol–water partition coefficient (Wildman–Crippen LogP) is 5.08. The molecule has 2 rings (SSSR count). The number of carbonyl (C=O) groups excluding carboxylic acids is 1. The number of benzene rings is 1. The molecule has 1 saturated heterocycles. The van der Waals surface area contributed by atoms with Crippen LogP contribution in [-0.4, -0.2) is 23.3 Å². The monoisotopic (exact) mass is 374 g/mol. The van der Waals surface area contributed by atoms with Crippen molar-refractivity contribution < 1.29 is 27.1 Å². The number of hydrogen-bond acceptors (Lipinski definition) is 3. The Bertz CT molecular complexity index is 726. The number of piperidine rings is 1. The molecule has 0 aliphatic carbocycles. The van der Waals surface area contributed by atoms with Gasteiger partial charge in [0.05, 0.1) is 6.42 Å². The van der Waals surface area contributed by atoms with Gasteiger partial charge in [0, 0.05) is 16.9 Å². The van der Waals surface area contributed by atoms with Gasteiger partial charge in [0.15, 0.2) is 5.67 Å². The maximum Gasteiger partial charge on any atom is 0.412 e. The van der Waals surface area contributed by atoms with E-state index in [2.05, 4.69) is 17.2 Å². The normalized spacial score (nSPS) is 25.4. The van der Waals surface area contributed by atoms with Crippen molar-refractivity contribution >= 4 is 11.8 Å². The number of anilines is 1. The summed E-state index contributed by atoms with van der Waals surface area (Å²) in [5, 5.41) is 4.63. The Hall–Kier alpha value is -2.25. The highest BCUT2D eigenvalue weighted by molar-refractivity contribution is 5.85. The number of carbonyl (C=O) groups is 1. The molecule has 2 N–H and O–H groups in total. The Balaban J connectivity index is 2.30. The third-order valence-corrected chi connectivity index (χ3v) is 3.89.